The molecule has 0 amide bonds. The maximum Gasteiger partial charge on any atom is 0.336 e. The fourth-order valence-corrected chi connectivity index (χ4v) is 3.20. The Morgan fingerprint density at radius 1 is 1.23 bits per heavy atom. The second kappa shape index (κ2) is 5.70. The first-order valence-electron chi connectivity index (χ1n) is 7.27. The third-order valence-electron chi connectivity index (χ3n) is 4.09. The lowest BCUT2D eigenvalue weighted by Crippen LogP contribution is -3.00. The third kappa shape index (κ3) is 2.92. The second-order valence-corrected chi connectivity index (χ2v) is 7.03. The van der Waals surface area contributed by atoms with Crippen molar-refractivity contribution in [3.05, 3.63) is 39.2 Å². The number of benzene rings is 1. The van der Waals surface area contributed by atoms with E-state index in [4.69, 9.17) is 9.15 Å². The van der Waals surface area contributed by atoms with Crippen molar-refractivity contribution in [1.29, 1.82) is 0 Å². The van der Waals surface area contributed by atoms with E-state index in [0.29, 0.717) is 18.1 Å². The summed E-state index contributed by atoms with van der Waals surface area (Å²) in [7, 11) is 6.57. The molecule has 3 rings (SSSR count). The number of nitrogens with zero attached hydrogens (tertiary/aromatic N) is 1. The summed E-state index contributed by atoms with van der Waals surface area (Å²) < 4.78 is 12.2. The van der Waals surface area contributed by atoms with Gasteiger partial charge < -0.3 is 30.6 Å². The summed E-state index contributed by atoms with van der Waals surface area (Å²) >= 11 is 0. The van der Waals surface area contributed by atoms with Crippen LogP contribution < -0.4 is 27.3 Å². The third-order valence-corrected chi connectivity index (χ3v) is 4.09. The fraction of sp³-hybridized carbons (Fsp3) is 0.471. The van der Waals surface area contributed by atoms with Crippen LogP contribution in [0.15, 0.2) is 21.3 Å². The smallest absolute Gasteiger partial charge is 0.336 e. The maximum absolute atomic E-state index is 11.6. The van der Waals surface area contributed by atoms with Crippen molar-refractivity contribution < 1.29 is 30.6 Å². The molecule has 0 saturated heterocycles. The molecule has 1 aliphatic heterocycles. The quantitative estimate of drug-likeness (QED) is 0.535. The lowest BCUT2D eigenvalue weighted by atomic mass is 9.95. The van der Waals surface area contributed by atoms with Crippen LogP contribution in [0.1, 0.15) is 22.6 Å². The molecular weight excluding hydrogens is 346 g/mol. The van der Waals surface area contributed by atoms with E-state index in [0.717, 1.165) is 33.3 Å². The zero-order valence-electron chi connectivity index (χ0n) is 13.7. The molecule has 5 heteroatoms. The number of ether oxygens (including phenoxy) is 1. The van der Waals surface area contributed by atoms with Gasteiger partial charge in [0.25, 0.3) is 0 Å². The van der Waals surface area contributed by atoms with Gasteiger partial charge in [-0.1, -0.05) is 0 Å². The van der Waals surface area contributed by atoms with Gasteiger partial charge in [0.05, 0.1) is 33.6 Å². The van der Waals surface area contributed by atoms with E-state index in [1.165, 1.54) is 5.56 Å². The minimum atomic E-state index is -0.302. The number of aryl methyl sites for hydroxylation is 2. The second-order valence-electron chi connectivity index (χ2n) is 7.03. The average molecular weight is 368 g/mol. The predicted octanol–water partition coefficient (Wildman–Crippen LogP) is -0.404. The summed E-state index contributed by atoms with van der Waals surface area (Å²) in [4.78, 5) is 11.6. The number of quaternary nitrogens is 1. The Hall–Kier alpha value is -1.33. The van der Waals surface area contributed by atoms with Crippen LogP contribution in [0.2, 0.25) is 0 Å². The van der Waals surface area contributed by atoms with Crippen LogP contribution >= 0.6 is 0 Å². The molecule has 2 aromatic rings. The Kier molecular flexibility index (Phi) is 4.42. The highest BCUT2D eigenvalue weighted by Gasteiger charge is 2.31. The van der Waals surface area contributed by atoms with Crippen LogP contribution in [-0.4, -0.2) is 38.8 Å². The average Bonchev–Trinajstić information content (AvgIpc) is 2.72. The monoisotopic (exact) mass is 367 g/mol. The van der Waals surface area contributed by atoms with E-state index in [2.05, 4.69) is 27.2 Å². The Morgan fingerprint density at radius 2 is 1.91 bits per heavy atom. The molecular formula is C17H22BrNO3. The molecule has 0 saturated carbocycles. The minimum absolute atomic E-state index is 0. The maximum atomic E-state index is 11.6. The first-order chi connectivity index (χ1) is 9.76. The number of fused-ring (bicyclic) bond motifs is 2. The van der Waals surface area contributed by atoms with Crippen molar-refractivity contribution in [2.75, 3.05) is 34.3 Å². The Labute approximate surface area is 141 Å². The summed E-state index contributed by atoms with van der Waals surface area (Å²) in [5.41, 5.74) is 3.49. The number of hydrogen-bond acceptors (Lipinski definition) is 3. The summed E-state index contributed by atoms with van der Waals surface area (Å²) in [6.07, 6.45) is 0. The van der Waals surface area contributed by atoms with E-state index in [9.17, 15) is 4.79 Å². The molecule has 0 radical (unpaired) electrons. The largest absolute Gasteiger partial charge is 1.00 e. The van der Waals surface area contributed by atoms with Gasteiger partial charge in [-0.3, -0.25) is 0 Å². The molecule has 1 aliphatic rings. The van der Waals surface area contributed by atoms with Gasteiger partial charge in [-0.15, -0.1) is 0 Å². The Morgan fingerprint density at radius 3 is 2.55 bits per heavy atom. The van der Waals surface area contributed by atoms with Crippen LogP contribution in [0.3, 0.4) is 0 Å². The van der Waals surface area contributed by atoms with Crippen LogP contribution in [0.25, 0.3) is 11.0 Å². The van der Waals surface area contributed by atoms with Gasteiger partial charge in [0.15, 0.2) is 0 Å². The van der Waals surface area contributed by atoms with Gasteiger partial charge in [-0.25, -0.2) is 4.79 Å². The fourth-order valence-electron chi connectivity index (χ4n) is 3.20. The van der Waals surface area contributed by atoms with Crippen molar-refractivity contribution in [1.82, 2.24) is 0 Å². The van der Waals surface area contributed by atoms with E-state index in [1.54, 1.807) is 6.07 Å². The molecule has 22 heavy (non-hydrogen) atoms. The molecule has 2 heterocycles. The van der Waals surface area contributed by atoms with Crippen LogP contribution in [0.4, 0.5) is 0 Å². The lowest BCUT2D eigenvalue weighted by molar-refractivity contribution is -0.871. The highest BCUT2D eigenvalue weighted by Crippen LogP contribution is 2.41. The summed E-state index contributed by atoms with van der Waals surface area (Å²) in [5.74, 6) is 1.28. The molecule has 1 atom stereocenters. The number of halogens is 1. The summed E-state index contributed by atoms with van der Waals surface area (Å²) in [6, 6.07) is 3.70. The molecule has 1 aromatic carbocycles. The number of rotatable bonds is 2. The van der Waals surface area contributed by atoms with Crippen molar-refractivity contribution >= 4 is 11.0 Å². The van der Waals surface area contributed by atoms with Gasteiger partial charge >= 0.3 is 5.63 Å². The molecule has 0 N–H and O–H groups in total. The van der Waals surface area contributed by atoms with Crippen molar-refractivity contribution in [3.8, 4) is 5.75 Å². The standard InChI is InChI=1S/C17H22NO3.BrH/c1-10-6-15(19)21-17-11(2)16-14(7-13(10)17)12(9-20-16)8-18(3,4)5;/h6-7,12H,8-9H2,1-5H3;1H/q+1;/p-1. The predicted molar refractivity (Wildman–Crippen MR) is 83.1 cm³/mol. The molecule has 1 aromatic heterocycles. The van der Waals surface area contributed by atoms with Gasteiger partial charge in [0.1, 0.15) is 17.9 Å². The molecule has 120 valence electrons. The summed E-state index contributed by atoms with van der Waals surface area (Å²) in [6.45, 7) is 5.65. The number of likely N-dealkylation sites (N-methyl/N-ethyl adjacent to an activating group) is 1. The lowest BCUT2D eigenvalue weighted by Gasteiger charge is -2.26. The first-order valence-corrected chi connectivity index (χ1v) is 7.27. The van der Waals surface area contributed by atoms with Crippen molar-refractivity contribution in [2.45, 2.75) is 19.8 Å². The van der Waals surface area contributed by atoms with E-state index < -0.39 is 0 Å². The SMILES string of the molecule is Cc1cc(=O)oc2c(C)c3c(cc12)C(C[N+](C)(C)C)CO3.[Br-]. The molecule has 0 spiro atoms. The van der Waals surface area contributed by atoms with Crippen LogP contribution in [0.5, 0.6) is 5.75 Å². The normalized spacial score (nSPS) is 17.0. The van der Waals surface area contributed by atoms with Gasteiger partial charge in [-0.2, -0.15) is 0 Å². The minimum Gasteiger partial charge on any atom is -1.00 e. The highest BCUT2D eigenvalue weighted by atomic mass is 79.9. The Bertz CT molecular complexity index is 774. The summed E-state index contributed by atoms with van der Waals surface area (Å²) in [5, 5.41) is 1.02. The molecule has 4 nitrogen and oxygen atoms in total. The van der Waals surface area contributed by atoms with Crippen molar-refractivity contribution in [2.24, 2.45) is 0 Å². The topological polar surface area (TPSA) is 39.4 Å². The van der Waals surface area contributed by atoms with Gasteiger partial charge in [0, 0.05) is 22.6 Å². The van der Waals surface area contributed by atoms with Crippen molar-refractivity contribution in [3.63, 3.8) is 0 Å². The first kappa shape index (κ1) is 17.0. The number of hydrogen-bond donors (Lipinski definition) is 0. The molecule has 0 fully saturated rings. The molecule has 0 bridgehead atoms. The highest BCUT2D eigenvalue weighted by molar-refractivity contribution is 5.86. The zero-order valence-corrected chi connectivity index (χ0v) is 15.3. The van der Waals surface area contributed by atoms with E-state index in [1.807, 2.05) is 13.8 Å². The van der Waals surface area contributed by atoms with E-state index >= 15 is 0 Å². The van der Waals surface area contributed by atoms with E-state index in [-0.39, 0.29) is 22.6 Å². The Balaban J connectivity index is 0.00000176. The molecule has 1 unspecified atom stereocenters. The van der Waals surface area contributed by atoms with Gasteiger partial charge in [0.2, 0.25) is 0 Å². The van der Waals surface area contributed by atoms with Gasteiger partial charge in [-0.05, 0) is 25.5 Å². The molecule has 0 aliphatic carbocycles. The van der Waals surface area contributed by atoms with Crippen LogP contribution in [0, 0.1) is 13.8 Å². The van der Waals surface area contributed by atoms with Crippen LogP contribution in [-0.2, 0) is 0 Å². The zero-order chi connectivity index (χ0) is 15.4.